The molecular formula is C17H30N2O2S. The van der Waals surface area contributed by atoms with Gasteiger partial charge in [0.05, 0.1) is 5.88 Å². The first kappa shape index (κ1) is 17.6. The average molecular weight is 327 g/mol. The number of amides is 2. The number of rotatable bonds is 2. The van der Waals surface area contributed by atoms with Crippen molar-refractivity contribution in [2.45, 2.75) is 59.4 Å². The van der Waals surface area contributed by atoms with E-state index in [4.69, 9.17) is 0 Å². The van der Waals surface area contributed by atoms with Gasteiger partial charge in [0.1, 0.15) is 6.04 Å². The number of hydrogen-bond donors (Lipinski definition) is 0. The lowest BCUT2D eigenvalue weighted by atomic mass is 9.91. The summed E-state index contributed by atoms with van der Waals surface area (Å²) in [5.41, 5.74) is -0.0318. The van der Waals surface area contributed by atoms with E-state index in [9.17, 15) is 9.59 Å². The Labute approximate surface area is 139 Å². The normalized spacial score (nSPS) is 26.9. The summed E-state index contributed by atoms with van der Waals surface area (Å²) in [5, 5.41) is 0. The lowest BCUT2D eigenvalue weighted by Gasteiger charge is -2.30. The standard InChI is InChI=1S/C17H30N2O2S/c1-13-6-5-8-18(9-7-13)16(21)14-11-22-12-19(14)15(20)10-17(2,3)4/h13-14H,5-12H2,1-4H3. The number of carbonyl (C=O) groups is 2. The van der Waals surface area contributed by atoms with Gasteiger partial charge in [0.2, 0.25) is 11.8 Å². The van der Waals surface area contributed by atoms with Gasteiger partial charge in [-0.15, -0.1) is 11.8 Å². The molecule has 2 atom stereocenters. The van der Waals surface area contributed by atoms with Crippen LogP contribution >= 0.6 is 11.8 Å². The predicted molar refractivity (Wildman–Crippen MR) is 91.6 cm³/mol. The molecule has 0 aromatic rings. The van der Waals surface area contributed by atoms with Crippen molar-refractivity contribution in [2.75, 3.05) is 24.7 Å². The van der Waals surface area contributed by atoms with Gasteiger partial charge >= 0.3 is 0 Å². The van der Waals surface area contributed by atoms with Gasteiger partial charge in [-0.05, 0) is 30.6 Å². The molecule has 2 rings (SSSR count). The van der Waals surface area contributed by atoms with E-state index >= 15 is 0 Å². The monoisotopic (exact) mass is 326 g/mol. The van der Waals surface area contributed by atoms with Crippen LogP contribution in [0.2, 0.25) is 0 Å². The lowest BCUT2D eigenvalue weighted by Crippen LogP contribution is -2.49. The van der Waals surface area contributed by atoms with Crippen molar-refractivity contribution in [2.24, 2.45) is 11.3 Å². The summed E-state index contributed by atoms with van der Waals surface area (Å²) in [7, 11) is 0. The fraction of sp³-hybridized carbons (Fsp3) is 0.882. The van der Waals surface area contributed by atoms with Crippen LogP contribution in [0.1, 0.15) is 53.4 Å². The second-order valence-corrected chi connectivity index (χ2v) is 8.98. The van der Waals surface area contributed by atoms with Crippen LogP contribution in [0.3, 0.4) is 0 Å². The van der Waals surface area contributed by atoms with Crippen LogP contribution in [0.5, 0.6) is 0 Å². The molecule has 4 nitrogen and oxygen atoms in total. The van der Waals surface area contributed by atoms with Crippen molar-refractivity contribution in [3.05, 3.63) is 0 Å². The number of likely N-dealkylation sites (tertiary alicyclic amines) is 1. The Hall–Kier alpha value is -0.710. The zero-order valence-electron chi connectivity index (χ0n) is 14.4. The minimum Gasteiger partial charge on any atom is -0.341 e. The molecule has 0 aromatic carbocycles. The molecule has 0 aromatic heterocycles. The van der Waals surface area contributed by atoms with Gasteiger partial charge in [-0.3, -0.25) is 9.59 Å². The first-order chi connectivity index (χ1) is 10.3. The maximum absolute atomic E-state index is 12.9. The van der Waals surface area contributed by atoms with E-state index in [1.165, 1.54) is 6.42 Å². The highest BCUT2D eigenvalue weighted by Crippen LogP contribution is 2.28. The Kier molecular flexibility index (Phi) is 5.81. The van der Waals surface area contributed by atoms with Crippen LogP contribution in [0.4, 0.5) is 0 Å². The molecule has 2 fully saturated rings. The molecule has 0 spiro atoms. The summed E-state index contributed by atoms with van der Waals surface area (Å²) < 4.78 is 0. The highest BCUT2D eigenvalue weighted by atomic mass is 32.2. The molecule has 2 aliphatic rings. The number of nitrogens with zero attached hydrogens (tertiary/aromatic N) is 2. The smallest absolute Gasteiger partial charge is 0.246 e. The first-order valence-electron chi connectivity index (χ1n) is 8.44. The number of thioether (sulfide) groups is 1. The molecule has 126 valence electrons. The molecule has 0 aliphatic carbocycles. The fourth-order valence-corrected chi connectivity index (χ4v) is 4.31. The van der Waals surface area contributed by atoms with Crippen LogP contribution < -0.4 is 0 Å². The largest absolute Gasteiger partial charge is 0.341 e. The van der Waals surface area contributed by atoms with E-state index in [1.54, 1.807) is 11.8 Å². The van der Waals surface area contributed by atoms with Crippen LogP contribution in [-0.4, -0.2) is 52.4 Å². The number of carbonyl (C=O) groups excluding carboxylic acids is 2. The molecule has 5 heteroatoms. The maximum Gasteiger partial charge on any atom is 0.246 e. The fourth-order valence-electron chi connectivity index (χ4n) is 3.14. The van der Waals surface area contributed by atoms with Gasteiger partial charge in [0.25, 0.3) is 0 Å². The highest BCUT2D eigenvalue weighted by molar-refractivity contribution is 7.99. The topological polar surface area (TPSA) is 40.6 Å². The summed E-state index contributed by atoms with van der Waals surface area (Å²) in [4.78, 5) is 29.2. The Morgan fingerprint density at radius 1 is 1.18 bits per heavy atom. The molecule has 2 heterocycles. The Morgan fingerprint density at radius 3 is 2.59 bits per heavy atom. The van der Waals surface area contributed by atoms with Gasteiger partial charge in [-0.1, -0.05) is 27.7 Å². The highest BCUT2D eigenvalue weighted by Gasteiger charge is 2.38. The van der Waals surface area contributed by atoms with Crippen LogP contribution in [0.25, 0.3) is 0 Å². The molecular weight excluding hydrogens is 296 g/mol. The van der Waals surface area contributed by atoms with E-state index < -0.39 is 0 Å². The van der Waals surface area contributed by atoms with Crippen molar-refractivity contribution in [3.63, 3.8) is 0 Å². The Balaban J connectivity index is 2.00. The van der Waals surface area contributed by atoms with Crippen molar-refractivity contribution < 1.29 is 9.59 Å². The van der Waals surface area contributed by atoms with Crippen molar-refractivity contribution in [1.82, 2.24) is 9.80 Å². The van der Waals surface area contributed by atoms with Gasteiger partial charge in [-0.25, -0.2) is 0 Å². The van der Waals surface area contributed by atoms with E-state index in [0.29, 0.717) is 18.2 Å². The van der Waals surface area contributed by atoms with Gasteiger partial charge in [-0.2, -0.15) is 0 Å². The third kappa shape index (κ3) is 4.64. The van der Waals surface area contributed by atoms with E-state index in [0.717, 1.165) is 31.7 Å². The number of hydrogen-bond acceptors (Lipinski definition) is 3. The predicted octanol–water partition coefficient (Wildman–Crippen LogP) is 2.97. The second kappa shape index (κ2) is 7.24. The maximum atomic E-state index is 12.9. The van der Waals surface area contributed by atoms with Crippen LogP contribution in [-0.2, 0) is 9.59 Å². The Bertz CT molecular complexity index is 419. The molecule has 2 amide bonds. The quantitative estimate of drug-likeness (QED) is 0.783. The molecule has 22 heavy (non-hydrogen) atoms. The van der Waals surface area contributed by atoms with Crippen LogP contribution in [0.15, 0.2) is 0 Å². The molecule has 2 unspecified atom stereocenters. The first-order valence-corrected chi connectivity index (χ1v) is 9.59. The minimum atomic E-state index is -0.242. The SMILES string of the molecule is CC1CCCN(C(=O)C2CSCN2C(=O)CC(C)(C)C)CC1. The molecule has 2 aliphatic heterocycles. The zero-order chi connectivity index (χ0) is 16.3. The van der Waals surface area contributed by atoms with Gasteiger partial charge in [0.15, 0.2) is 0 Å². The third-order valence-electron chi connectivity index (χ3n) is 4.50. The summed E-state index contributed by atoms with van der Waals surface area (Å²) >= 11 is 1.70. The molecule has 0 radical (unpaired) electrons. The Morgan fingerprint density at radius 2 is 1.91 bits per heavy atom. The van der Waals surface area contributed by atoms with E-state index in [2.05, 4.69) is 27.7 Å². The van der Waals surface area contributed by atoms with Crippen molar-refractivity contribution in [3.8, 4) is 0 Å². The molecule has 0 saturated carbocycles. The molecule has 0 N–H and O–H groups in total. The summed E-state index contributed by atoms with van der Waals surface area (Å²) in [6.07, 6.45) is 3.88. The second-order valence-electron chi connectivity index (χ2n) is 7.98. The summed E-state index contributed by atoms with van der Waals surface area (Å²) in [6.45, 7) is 10.2. The minimum absolute atomic E-state index is 0.0318. The zero-order valence-corrected chi connectivity index (χ0v) is 15.2. The molecule has 2 saturated heterocycles. The van der Waals surface area contributed by atoms with Crippen molar-refractivity contribution >= 4 is 23.6 Å². The summed E-state index contributed by atoms with van der Waals surface area (Å²) in [5.74, 6) is 2.41. The van der Waals surface area contributed by atoms with Gasteiger partial charge in [0, 0.05) is 25.3 Å². The average Bonchev–Trinajstić information content (AvgIpc) is 2.79. The third-order valence-corrected chi connectivity index (χ3v) is 5.51. The lowest BCUT2D eigenvalue weighted by molar-refractivity contribution is -0.144. The van der Waals surface area contributed by atoms with Crippen LogP contribution in [0, 0.1) is 11.3 Å². The summed E-state index contributed by atoms with van der Waals surface area (Å²) in [6, 6.07) is -0.242. The molecule has 0 bridgehead atoms. The van der Waals surface area contributed by atoms with E-state index in [1.807, 2.05) is 9.80 Å². The van der Waals surface area contributed by atoms with Crippen molar-refractivity contribution in [1.29, 1.82) is 0 Å². The van der Waals surface area contributed by atoms with Gasteiger partial charge < -0.3 is 9.80 Å². The van der Waals surface area contributed by atoms with E-state index in [-0.39, 0.29) is 23.3 Å².